The first-order chi connectivity index (χ1) is 17.2. The second-order valence-corrected chi connectivity index (χ2v) is 11.5. The molecule has 0 bridgehead atoms. The van der Waals surface area contributed by atoms with Crippen LogP contribution in [-0.2, 0) is 26.2 Å². The van der Waals surface area contributed by atoms with E-state index in [4.69, 9.17) is 23.2 Å². The van der Waals surface area contributed by atoms with Crippen LogP contribution in [0, 0.1) is 11.6 Å². The van der Waals surface area contributed by atoms with Gasteiger partial charge in [-0.2, -0.15) is 0 Å². The van der Waals surface area contributed by atoms with Gasteiger partial charge in [-0.1, -0.05) is 36.2 Å². The van der Waals surface area contributed by atoms with Gasteiger partial charge < -0.3 is 10.2 Å². The smallest absolute Gasteiger partial charge is 0.242 e. The van der Waals surface area contributed by atoms with Gasteiger partial charge in [0.2, 0.25) is 21.8 Å². The third-order valence-corrected chi connectivity index (χ3v) is 7.78. The number of amides is 2. The number of benzene rings is 2. The molecule has 0 saturated heterocycles. The summed E-state index contributed by atoms with van der Waals surface area (Å²) >= 11 is 12.1. The largest absolute Gasteiger partial charge is 0.352 e. The Hall–Kier alpha value is -2.43. The first kappa shape index (κ1) is 30.8. The molecule has 2 rings (SSSR count). The topological polar surface area (TPSA) is 86.8 Å². The third-order valence-electron chi connectivity index (χ3n) is 5.85. The summed E-state index contributed by atoms with van der Waals surface area (Å²) in [6, 6.07) is 6.77. The lowest BCUT2D eigenvalue weighted by molar-refractivity contribution is -0.140. The molecule has 0 fully saturated rings. The molecule has 2 amide bonds. The van der Waals surface area contributed by atoms with Gasteiger partial charge >= 0.3 is 0 Å². The molecule has 37 heavy (non-hydrogen) atoms. The molecule has 7 nitrogen and oxygen atoms in total. The normalized spacial score (nSPS) is 13.1. The zero-order valence-corrected chi connectivity index (χ0v) is 23.4. The van der Waals surface area contributed by atoms with E-state index < -0.39 is 33.6 Å². The predicted octanol–water partition coefficient (Wildman–Crippen LogP) is 5.15. The van der Waals surface area contributed by atoms with Crippen LogP contribution in [-0.4, -0.2) is 50.0 Å². The quantitative estimate of drug-likeness (QED) is 0.378. The minimum atomic E-state index is -3.84. The lowest BCUT2D eigenvalue weighted by atomic mass is 10.1. The highest BCUT2D eigenvalue weighted by atomic mass is 35.5. The van der Waals surface area contributed by atoms with Crippen molar-refractivity contribution in [1.82, 2.24) is 10.2 Å². The number of anilines is 1. The summed E-state index contributed by atoms with van der Waals surface area (Å²) in [5.41, 5.74) is 0.605. The van der Waals surface area contributed by atoms with Gasteiger partial charge in [-0.05, 0) is 56.5 Å². The van der Waals surface area contributed by atoms with Crippen molar-refractivity contribution in [3.05, 3.63) is 63.6 Å². The van der Waals surface area contributed by atoms with Crippen molar-refractivity contribution >= 4 is 50.7 Å². The van der Waals surface area contributed by atoms with Gasteiger partial charge in [0.05, 0.1) is 22.0 Å². The van der Waals surface area contributed by atoms with Gasteiger partial charge in [-0.3, -0.25) is 13.9 Å². The molecule has 0 aliphatic carbocycles. The van der Waals surface area contributed by atoms with E-state index in [2.05, 4.69) is 5.32 Å². The lowest BCUT2D eigenvalue weighted by Crippen LogP contribution is -2.49. The number of halogens is 4. The van der Waals surface area contributed by atoms with Crippen molar-refractivity contribution in [2.24, 2.45) is 0 Å². The number of carbonyl (C=O) groups excluding carboxylic acids is 2. The highest BCUT2D eigenvalue weighted by Crippen LogP contribution is 2.25. The number of hydrogen-bond donors (Lipinski definition) is 1. The zero-order chi connectivity index (χ0) is 27.9. The van der Waals surface area contributed by atoms with Crippen molar-refractivity contribution in [1.29, 1.82) is 0 Å². The summed E-state index contributed by atoms with van der Waals surface area (Å²) in [5, 5.41) is 3.52. The molecule has 0 unspecified atom stereocenters. The van der Waals surface area contributed by atoms with Gasteiger partial charge in [0, 0.05) is 31.6 Å². The van der Waals surface area contributed by atoms with Gasteiger partial charge in [0.15, 0.2) is 11.6 Å². The maximum Gasteiger partial charge on any atom is 0.242 e. The average Bonchev–Trinajstić information content (AvgIpc) is 2.82. The van der Waals surface area contributed by atoms with E-state index in [0.29, 0.717) is 22.0 Å². The first-order valence-corrected chi connectivity index (χ1v) is 14.3. The summed E-state index contributed by atoms with van der Waals surface area (Å²) in [4.78, 5) is 27.5. The molecule has 204 valence electrons. The van der Waals surface area contributed by atoms with Crippen LogP contribution in [0.5, 0.6) is 0 Å². The molecule has 0 saturated carbocycles. The van der Waals surface area contributed by atoms with E-state index in [-0.39, 0.29) is 43.6 Å². The van der Waals surface area contributed by atoms with E-state index in [0.717, 1.165) is 28.8 Å². The Labute approximate surface area is 226 Å². The molecule has 2 aromatic rings. The van der Waals surface area contributed by atoms with Crippen molar-refractivity contribution in [3.8, 4) is 0 Å². The van der Waals surface area contributed by atoms with Crippen LogP contribution in [0.3, 0.4) is 0 Å². The SMILES string of the molecule is CC[C@H](C)NC(=O)[C@@H](C)N(Cc1ccc(Cl)c(Cl)c1)C(=O)CCCN(c1ccc(F)c(F)c1)S(C)(=O)=O. The first-order valence-electron chi connectivity index (χ1n) is 11.7. The summed E-state index contributed by atoms with van der Waals surface area (Å²) in [7, 11) is -3.84. The van der Waals surface area contributed by atoms with Crippen molar-refractivity contribution < 1.29 is 26.8 Å². The van der Waals surface area contributed by atoms with Gasteiger partial charge in [0.1, 0.15) is 6.04 Å². The van der Waals surface area contributed by atoms with Crippen LogP contribution in [0.15, 0.2) is 36.4 Å². The van der Waals surface area contributed by atoms with Crippen LogP contribution >= 0.6 is 23.2 Å². The fraction of sp³-hybridized carbons (Fsp3) is 0.440. The number of hydrogen-bond acceptors (Lipinski definition) is 4. The molecule has 0 aromatic heterocycles. The van der Waals surface area contributed by atoms with Crippen LogP contribution in [0.1, 0.15) is 45.6 Å². The van der Waals surface area contributed by atoms with Crippen molar-refractivity contribution in [3.63, 3.8) is 0 Å². The van der Waals surface area contributed by atoms with E-state index in [1.807, 2.05) is 13.8 Å². The maximum atomic E-state index is 13.7. The summed E-state index contributed by atoms with van der Waals surface area (Å²) in [6.45, 7) is 5.31. The van der Waals surface area contributed by atoms with E-state index in [1.165, 1.54) is 4.90 Å². The van der Waals surface area contributed by atoms with E-state index >= 15 is 0 Å². The molecule has 0 aliphatic rings. The van der Waals surface area contributed by atoms with Crippen molar-refractivity contribution in [2.45, 2.75) is 58.7 Å². The molecule has 12 heteroatoms. The van der Waals surface area contributed by atoms with E-state index in [9.17, 15) is 26.8 Å². The molecule has 2 atom stereocenters. The Morgan fingerprint density at radius 1 is 1.03 bits per heavy atom. The second-order valence-electron chi connectivity index (χ2n) is 8.80. The fourth-order valence-electron chi connectivity index (χ4n) is 3.53. The number of sulfonamides is 1. The number of carbonyl (C=O) groups is 2. The molecule has 2 aromatic carbocycles. The molecular formula is C25H31Cl2F2N3O4S. The molecule has 1 N–H and O–H groups in total. The zero-order valence-electron chi connectivity index (χ0n) is 21.1. The van der Waals surface area contributed by atoms with Crippen LogP contribution in [0.25, 0.3) is 0 Å². The Kier molecular flexibility index (Phi) is 11.1. The highest BCUT2D eigenvalue weighted by Gasteiger charge is 2.27. The van der Waals surface area contributed by atoms with Gasteiger partial charge in [0.25, 0.3) is 0 Å². The minimum absolute atomic E-state index is 0.0530. The lowest BCUT2D eigenvalue weighted by Gasteiger charge is -2.30. The number of rotatable bonds is 12. The van der Waals surface area contributed by atoms with Crippen LogP contribution in [0.4, 0.5) is 14.5 Å². The standard InChI is InChI=1S/C25H31Cl2F2N3O4S/c1-5-16(2)30-25(34)17(3)31(15-18-8-10-20(26)21(27)13-18)24(33)7-6-12-32(37(4,35)36)19-9-11-22(28)23(29)14-19/h8-11,13-14,16-17H,5-7,12,15H2,1-4H3,(H,30,34)/t16-,17+/m0/s1. The molecular weight excluding hydrogens is 547 g/mol. The molecule has 0 radical (unpaired) electrons. The Morgan fingerprint density at radius 3 is 2.27 bits per heavy atom. The summed E-state index contributed by atoms with van der Waals surface area (Å²) in [6.07, 6.45) is 1.62. The Morgan fingerprint density at radius 2 is 1.70 bits per heavy atom. The summed E-state index contributed by atoms with van der Waals surface area (Å²) < 4.78 is 52.6. The number of nitrogens with zero attached hydrogens (tertiary/aromatic N) is 2. The minimum Gasteiger partial charge on any atom is -0.352 e. The van der Waals surface area contributed by atoms with Gasteiger partial charge in [-0.25, -0.2) is 17.2 Å². The van der Waals surface area contributed by atoms with E-state index in [1.54, 1.807) is 25.1 Å². The maximum absolute atomic E-state index is 13.7. The monoisotopic (exact) mass is 577 g/mol. The fourth-order valence-corrected chi connectivity index (χ4v) is 4.80. The number of nitrogens with one attached hydrogen (secondary N) is 1. The van der Waals surface area contributed by atoms with Crippen molar-refractivity contribution in [2.75, 3.05) is 17.1 Å². The third kappa shape index (κ3) is 8.83. The molecule has 0 aliphatic heterocycles. The van der Waals surface area contributed by atoms with Gasteiger partial charge in [-0.15, -0.1) is 0 Å². The predicted molar refractivity (Wildman–Crippen MR) is 142 cm³/mol. The van der Waals surface area contributed by atoms with Crippen LogP contribution in [0.2, 0.25) is 10.0 Å². The second kappa shape index (κ2) is 13.4. The Bertz CT molecular complexity index is 1230. The summed E-state index contributed by atoms with van der Waals surface area (Å²) in [5.74, 6) is -3.01. The highest BCUT2D eigenvalue weighted by molar-refractivity contribution is 7.92. The molecule has 0 heterocycles. The Balaban J connectivity index is 2.22. The average molecular weight is 579 g/mol. The van der Waals surface area contributed by atoms with Crippen LogP contribution < -0.4 is 9.62 Å². The molecule has 0 spiro atoms.